The molecule has 2 amide bonds. The molecule has 1 aliphatic heterocycles. The van der Waals surface area contributed by atoms with Gasteiger partial charge in [0.05, 0.1) is 25.9 Å². The number of carbonyl (C=O) groups excluding carboxylic acids is 1. The predicted octanol–water partition coefficient (Wildman–Crippen LogP) is 3.04. The molecular weight excluding hydrogens is 268 g/mol. The number of rotatable bonds is 4. The second-order valence-corrected chi connectivity index (χ2v) is 5.17. The van der Waals surface area contributed by atoms with Gasteiger partial charge in [-0.1, -0.05) is 13.0 Å². The molecule has 1 heterocycles. The van der Waals surface area contributed by atoms with Gasteiger partial charge in [-0.2, -0.15) is 0 Å². The Morgan fingerprint density at radius 2 is 2.29 bits per heavy atom. The van der Waals surface area contributed by atoms with Gasteiger partial charge in [-0.3, -0.25) is 0 Å². The van der Waals surface area contributed by atoms with Crippen LogP contribution in [0.1, 0.15) is 25.8 Å². The van der Waals surface area contributed by atoms with E-state index in [4.69, 9.17) is 9.47 Å². The summed E-state index contributed by atoms with van der Waals surface area (Å²) < 4.78 is 11.0. The zero-order valence-corrected chi connectivity index (χ0v) is 13.0. The lowest BCUT2D eigenvalue weighted by atomic mass is 10.2. The molecule has 5 heteroatoms. The van der Waals surface area contributed by atoms with E-state index in [0.29, 0.717) is 26.4 Å². The van der Waals surface area contributed by atoms with Crippen LogP contribution in [0, 0.1) is 6.92 Å². The first-order chi connectivity index (χ1) is 10.2. The van der Waals surface area contributed by atoms with Crippen molar-refractivity contribution in [1.29, 1.82) is 0 Å². The molecule has 1 atom stereocenters. The Morgan fingerprint density at radius 1 is 1.48 bits per heavy atom. The van der Waals surface area contributed by atoms with Crippen molar-refractivity contribution in [3.63, 3.8) is 0 Å². The number of nitrogens with zero attached hydrogens (tertiary/aromatic N) is 1. The van der Waals surface area contributed by atoms with E-state index in [1.807, 2.05) is 36.9 Å². The number of aryl methyl sites for hydroxylation is 1. The lowest BCUT2D eigenvalue weighted by Gasteiger charge is -2.35. The summed E-state index contributed by atoms with van der Waals surface area (Å²) in [6, 6.07) is 5.80. The second-order valence-electron chi connectivity index (χ2n) is 5.17. The first-order valence-electron chi connectivity index (χ1n) is 7.54. The largest absolute Gasteiger partial charge is 0.494 e. The molecule has 0 aromatic heterocycles. The summed E-state index contributed by atoms with van der Waals surface area (Å²) in [7, 11) is 0. The van der Waals surface area contributed by atoms with Crippen molar-refractivity contribution >= 4 is 11.7 Å². The highest BCUT2D eigenvalue weighted by Gasteiger charge is 2.25. The van der Waals surface area contributed by atoms with E-state index in [-0.39, 0.29) is 12.1 Å². The van der Waals surface area contributed by atoms with Gasteiger partial charge in [0.1, 0.15) is 5.75 Å². The fourth-order valence-electron chi connectivity index (χ4n) is 2.44. The fraction of sp³-hybridized carbons (Fsp3) is 0.562. The highest BCUT2D eigenvalue weighted by Crippen LogP contribution is 2.23. The standard InChI is InChI=1S/C16H24N2O3/c1-4-14-11-20-9-8-18(14)16(19)17-13-7-6-12(3)15(10-13)21-5-2/h6-7,10,14H,4-5,8-9,11H2,1-3H3,(H,17,19)/t14-/m0/s1. The molecule has 0 spiro atoms. The highest BCUT2D eigenvalue weighted by atomic mass is 16.5. The lowest BCUT2D eigenvalue weighted by Crippen LogP contribution is -2.50. The Bertz CT molecular complexity index is 490. The molecule has 2 rings (SSSR count). The summed E-state index contributed by atoms with van der Waals surface area (Å²) in [6.45, 7) is 8.47. The highest BCUT2D eigenvalue weighted by molar-refractivity contribution is 5.90. The van der Waals surface area contributed by atoms with Gasteiger partial charge in [0.2, 0.25) is 0 Å². The van der Waals surface area contributed by atoms with Crippen molar-refractivity contribution in [3.8, 4) is 5.75 Å². The smallest absolute Gasteiger partial charge is 0.322 e. The summed E-state index contributed by atoms with van der Waals surface area (Å²) in [6.07, 6.45) is 0.894. The van der Waals surface area contributed by atoms with Crippen LogP contribution in [0.25, 0.3) is 0 Å². The van der Waals surface area contributed by atoms with Gasteiger partial charge in [0, 0.05) is 18.3 Å². The molecule has 116 valence electrons. The number of hydrogen-bond donors (Lipinski definition) is 1. The minimum Gasteiger partial charge on any atom is -0.494 e. The monoisotopic (exact) mass is 292 g/mol. The van der Waals surface area contributed by atoms with Crippen LogP contribution in [0.2, 0.25) is 0 Å². The van der Waals surface area contributed by atoms with E-state index in [1.165, 1.54) is 0 Å². The average molecular weight is 292 g/mol. The topological polar surface area (TPSA) is 50.8 Å². The van der Waals surface area contributed by atoms with Crippen LogP contribution >= 0.6 is 0 Å². The van der Waals surface area contributed by atoms with Gasteiger partial charge in [-0.05, 0) is 31.9 Å². The van der Waals surface area contributed by atoms with Crippen LogP contribution in [-0.2, 0) is 4.74 Å². The van der Waals surface area contributed by atoms with Crippen molar-refractivity contribution < 1.29 is 14.3 Å². The Balaban J connectivity index is 2.06. The van der Waals surface area contributed by atoms with Gasteiger partial charge >= 0.3 is 6.03 Å². The van der Waals surface area contributed by atoms with E-state index in [0.717, 1.165) is 23.4 Å². The molecule has 0 unspecified atom stereocenters. The van der Waals surface area contributed by atoms with Gasteiger partial charge in [0.25, 0.3) is 0 Å². The maximum Gasteiger partial charge on any atom is 0.322 e. The summed E-state index contributed by atoms with van der Waals surface area (Å²) in [5, 5.41) is 2.95. The van der Waals surface area contributed by atoms with Crippen molar-refractivity contribution in [2.45, 2.75) is 33.2 Å². The summed E-state index contributed by atoms with van der Waals surface area (Å²) in [5.74, 6) is 0.810. The molecule has 1 aliphatic rings. The zero-order chi connectivity index (χ0) is 15.2. The van der Waals surface area contributed by atoms with E-state index < -0.39 is 0 Å². The maximum absolute atomic E-state index is 12.4. The molecule has 0 bridgehead atoms. The number of benzene rings is 1. The quantitative estimate of drug-likeness (QED) is 0.928. The van der Waals surface area contributed by atoms with E-state index in [2.05, 4.69) is 12.2 Å². The lowest BCUT2D eigenvalue weighted by molar-refractivity contribution is 0.0144. The average Bonchev–Trinajstić information content (AvgIpc) is 2.50. The van der Waals surface area contributed by atoms with Crippen molar-refractivity contribution in [2.24, 2.45) is 0 Å². The number of anilines is 1. The van der Waals surface area contributed by atoms with E-state index in [1.54, 1.807) is 0 Å². The summed E-state index contributed by atoms with van der Waals surface area (Å²) in [5.41, 5.74) is 1.82. The molecule has 1 aromatic carbocycles. The van der Waals surface area contributed by atoms with Gasteiger partial charge < -0.3 is 19.7 Å². The van der Waals surface area contributed by atoms with Crippen LogP contribution in [0.15, 0.2) is 18.2 Å². The summed E-state index contributed by atoms with van der Waals surface area (Å²) >= 11 is 0. The number of carbonyl (C=O) groups is 1. The normalized spacial score (nSPS) is 18.4. The van der Waals surface area contributed by atoms with Gasteiger partial charge in [0.15, 0.2) is 0 Å². The van der Waals surface area contributed by atoms with Crippen LogP contribution in [0.4, 0.5) is 10.5 Å². The molecule has 5 nitrogen and oxygen atoms in total. The third-order valence-corrected chi connectivity index (χ3v) is 3.70. The minimum atomic E-state index is -0.0727. The van der Waals surface area contributed by atoms with Crippen molar-refractivity contribution in [1.82, 2.24) is 4.90 Å². The molecular formula is C16H24N2O3. The van der Waals surface area contributed by atoms with E-state index in [9.17, 15) is 4.79 Å². The zero-order valence-electron chi connectivity index (χ0n) is 13.0. The van der Waals surface area contributed by atoms with Crippen molar-refractivity contribution in [2.75, 3.05) is 31.7 Å². The Kier molecular flexibility index (Phi) is 5.44. The number of hydrogen-bond acceptors (Lipinski definition) is 3. The molecule has 21 heavy (non-hydrogen) atoms. The number of morpholine rings is 1. The minimum absolute atomic E-state index is 0.0727. The molecule has 1 aromatic rings. The molecule has 1 saturated heterocycles. The fourth-order valence-corrected chi connectivity index (χ4v) is 2.44. The SMILES string of the molecule is CCOc1cc(NC(=O)N2CCOC[C@@H]2CC)ccc1C. The van der Waals surface area contributed by atoms with E-state index >= 15 is 0 Å². The summed E-state index contributed by atoms with van der Waals surface area (Å²) in [4.78, 5) is 14.3. The van der Waals surface area contributed by atoms with Gasteiger partial charge in [-0.15, -0.1) is 0 Å². The Labute approximate surface area is 126 Å². The first-order valence-corrected chi connectivity index (χ1v) is 7.54. The first kappa shape index (κ1) is 15.6. The van der Waals surface area contributed by atoms with Crippen molar-refractivity contribution in [3.05, 3.63) is 23.8 Å². The number of amides is 2. The van der Waals surface area contributed by atoms with Gasteiger partial charge in [-0.25, -0.2) is 4.79 Å². The van der Waals surface area contributed by atoms with Crippen LogP contribution in [0.3, 0.4) is 0 Å². The molecule has 0 aliphatic carbocycles. The molecule has 0 saturated carbocycles. The number of urea groups is 1. The van der Waals surface area contributed by atoms with Crippen LogP contribution in [0.5, 0.6) is 5.75 Å². The number of nitrogens with one attached hydrogen (secondary N) is 1. The Hall–Kier alpha value is -1.75. The third-order valence-electron chi connectivity index (χ3n) is 3.70. The Morgan fingerprint density at radius 3 is 3.00 bits per heavy atom. The predicted molar refractivity (Wildman–Crippen MR) is 83.0 cm³/mol. The molecule has 1 N–H and O–H groups in total. The maximum atomic E-state index is 12.4. The molecule has 0 radical (unpaired) electrons. The number of ether oxygens (including phenoxy) is 2. The third kappa shape index (κ3) is 3.88. The van der Waals surface area contributed by atoms with Crippen LogP contribution in [-0.4, -0.2) is 43.3 Å². The second kappa shape index (κ2) is 7.31. The molecule has 1 fully saturated rings. The van der Waals surface area contributed by atoms with Crippen LogP contribution < -0.4 is 10.1 Å².